The lowest BCUT2D eigenvalue weighted by atomic mass is 10.5. The van der Waals surface area contributed by atoms with Crippen LogP contribution in [0, 0.1) is 0 Å². The molecule has 0 amide bonds. The van der Waals surface area contributed by atoms with E-state index >= 15 is 0 Å². The van der Waals surface area contributed by atoms with Crippen LogP contribution in [0.25, 0.3) is 0 Å². The topological polar surface area (TPSA) is 88.1 Å². The second kappa shape index (κ2) is 9.33. The van der Waals surface area contributed by atoms with Crippen LogP contribution in [0.2, 0.25) is 0 Å². The maximum absolute atomic E-state index is 11.9. The van der Waals surface area contributed by atoms with Gasteiger partial charge < -0.3 is 18.5 Å². The average Bonchev–Trinajstić information content (AvgIpc) is 2.27. The molecule has 0 aliphatic heterocycles. The van der Waals surface area contributed by atoms with Crippen LogP contribution in [-0.4, -0.2) is 37.6 Å². The van der Waals surface area contributed by atoms with E-state index in [4.69, 9.17) is 20.6 Å². The molecule has 0 atom stereocenters. The Morgan fingerprint density at radius 1 is 1.11 bits per heavy atom. The van der Waals surface area contributed by atoms with Gasteiger partial charge in [0.05, 0.1) is 25.8 Å². The summed E-state index contributed by atoms with van der Waals surface area (Å²) < 4.78 is 30.6. The molecular formula is C9H16ClO7P. The maximum Gasteiger partial charge on any atom is 0.406 e. The molecule has 0 aliphatic carbocycles. The van der Waals surface area contributed by atoms with Gasteiger partial charge in [0.2, 0.25) is 6.79 Å². The van der Waals surface area contributed by atoms with Gasteiger partial charge in [0, 0.05) is 11.6 Å². The summed E-state index contributed by atoms with van der Waals surface area (Å²) in [7, 11) is -3.26. The van der Waals surface area contributed by atoms with E-state index in [-0.39, 0.29) is 25.8 Å². The molecule has 0 N–H and O–H groups in total. The Kier molecular flexibility index (Phi) is 9.01. The lowest BCUT2D eigenvalue weighted by Gasteiger charge is -2.16. The van der Waals surface area contributed by atoms with Crippen LogP contribution in [0.1, 0.15) is 20.3 Å². The summed E-state index contributed by atoms with van der Waals surface area (Å²) in [4.78, 5) is 21.4. The smallest absolute Gasteiger partial charge is 0.406 e. The molecule has 0 saturated heterocycles. The van der Waals surface area contributed by atoms with Gasteiger partial charge in [-0.3, -0.25) is 9.36 Å². The minimum absolute atomic E-state index is 0.0949. The molecule has 18 heavy (non-hydrogen) atoms. The second-order valence-electron chi connectivity index (χ2n) is 2.94. The van der Waals surface area contributed by atoms with Crippen molar-refractivity contribution in [3.05, 3.63) is 0 Å². The molecule has 0 fully saturated rings. The van der Waals surface area contributed by atoms with Crippen LogP contribution < -0.4 is 0 Å². The highest BCUT2D eigenvalue weighted by Crippen LogP contribution is 2.48. The molecule has 0 spiro atoms. The first-order chi connectivity index (χ1) is 8.43. The molecule has 0 saturated carbocycles. The molecular weight excluding hydrogens is 287 g/mol. The first-order valence-electron chi connectivity index (χ1n) is 5.29. The van der Waals surface area contributed by atoms with E-state index in [0.717, 1.165) is 0 Å². The highest BCUT2D eigenvalue weighted by molar-refractivity contribution is 7.53. The number of halogens is 1. The van der Waals surface area contributed by atoms with Crippen LogP contribution in [0.4, 0.5) is 4.79 Å². The average molecular weight is 303 g/mol. The van der Waals surface area contributed by atoms with Crippen molar-refractivity contribution >= 4 is 30.6 Å². The molecule has 0 radical (unpaired) electrons. The molecule has 0 aromatic rings. The first-order valence-corrected chi connectivity index (χ1v) is 7.40. The SMILES string of the molecule is CCOP(=O)(CCC(=O)OCOC(=O)Cl)OCC. The third kappa shape index (κ3) is 8.47. The first kappa shape index (κ1) is 17.4. The Bertz CT molecular complexity index is 310. The summed E-state index contributed by atoms with van der Waals surface area (Å²) >= 11 is 4.86. The van der Waals surface area contributed by atoms with Gasteiger partial charge in [-0.1, -0.05) is 0 Å². The molecule has 106 valence electrons. The zero-order chi connectivity index (χ0) is 14.0. The Morgan fingerprint density at radius 2 is 1.67 bits per heavy atom. The van der Waals surface area contributed by atoms with E-state index in [1.54, 1.807) is 13.8 Å². The molecule has 0 bridgehead atoms. The predicted molar refractivity (Wildman–Crippen MR) is 63.6 cm³/mol. The predicted octanol–water partition coefficient (Wildman–Crippen LogP) is 2.52. The molecule has 0 aliphatic rings. The quantitative estimate of drug-likeness (QED) is 0.280. The molecule has 0 aromatic carbocycles. The molecule has 0 unspecified atom stereocenters. The van der Waals surface area contributed by atoms with Gasteiger partial charge in [-0.05, 0) is 13.8 Å². The summed E-state index contributed by atoms with van der Waals surface area (Å²) in [6, 6.07) is 0. The summed E-state index contributed by atoms with van der Waals surface area (Å²) in [5.41, 5.74) is -1.07. The zero-order valence-corrected chi connectivity index (χ0v) is 11.9. The minimum Gasteiger partial charge on any atom is -0.428 e. The number of hydrogen-bond acceptors (Lipinski definition) is 7. The van der Waals surface area contributed by atoms with Crippen molar-refractivity contribution < 1.29 is 32.7 Å². The van der Waals surface area contributed by atoms with Crippen LogP contribution >= 0.6 is 19.2 Å². The summed E-state index contributed by atoms with van der Waals surface area (Å²) in [6.45, 7) is 3.20. The van der Waals surface area contributed by atoms with Crippen LogP contribution in [0.5, 0.6) is 0 Å². The van der Waals surface area contributed by atoms with E-state index in [0.29, 0.717) is 0 Å². The van der Waals surface area contributed by atoms with Gasteiger partial charge in [-0.15, -0.1) is 0 Å². The summed E-state index contributed by atoms with van der Waals surface area (Å²) in [5.74, 6) is -0.687. The van der Waals surface area contributed by atoms with Crippen molar-refractivity contribution in [3.63, 3.8) is 0 Å². The van der Waals surface area contributed by atoms with E-state index in [2.05, 4.69) is 9.47 Å². The number of carbonyl (C=O) groups excluding carboxylic acids is 2. The highest BCUT2D eigenvalue weighted by Gasteiger charge is 2.25. The van der Waals surface area contributed by atoms with Crippen LogP contribution in [-0.2, 0) is 27.9 Å². The number of carbonyl (C=O) groups is 2. The van der Waals surface area contributed by atoms with E-state index in [1.165, 1.54) is 0 Å². The lowest BCUT2D eigenvalue weighted by Crippen LogP contribution is -2.12. The van der Waals surface area contributed by atoms with Crippen molar-refractivity contribution in [2.75, 3.05) is 26.2 Å². The Hall–Kier alpha value is -0.620. The molecule has 0 heterocycles. The van der Waals surface area contributed by atoms with Gasteiger partial charge in [0.15, 0.2) is 0 Å². The monoisotopic (exact) mass is 302 g/mol. The number of hydrogen-bond donors (Lipinski definition) is 0. The van der Waals surface area contributed by atoms with Gasteiger partial charge in [-0.2, -0.15) is 0 Å². The van der Waals surface area contributed by atoms with Gasteiger partial charge in [0.25, 0.3) is 0 Å². The fourth-order valence-corrected chi connectivity index (χ4v) is 2.62. The Morgan fingerprint density at radius 3 is 2.11 bits per heavy atom. The summed E-state index contributed by atoms with van der Waals surface area (Å²) in [5, 5.41) is 0. The van der Waals surface area contributed by atoms with Gasteiger partial charge >= 0.3 is 19.0 Å². The molecule has 0 rings (SSSR count). The normalized spacial score (nSPS) is 11.1. The third-order valence-electron chi connectivity index (χ3n) is 1.63. The number of rotatable bonds is 9. The van der Waals surface area contributed by atoms with E-state index in [1.807, 2.05) is 0 Å². The van der Waals surface area contributed by atoms with Crippen molar-refractivity contribution in [1.29, 1.82) is 0 Å². The number of esters is 1. The fraction of sp³-hybridized carbons (Fsp3) is 0.778. The highest BCUT2D eigenvalue weighted by atomic mass is 35.5. The Balaban J connectivity index is 3.99. The van der Waals surface area contributed by atoms with Crippen molar-refractivity contribution in [1.82, 2.24) is 0 Å². The van der Waals surface area contributed by atoms with Crippen molar-refractivity contribution in [2.24, 2.45) is 0 Å². The molecule has 7 nitrogen and oxygen atoms in total. The molecule has 9 heteroatoms. The van der Waals surface area contributed by atoms with Crippen molar-refractivity contribution in [3.8, 4) is 0 Å². The molecule has 0 aromatic heterocycles. The van der Waals surface area contributed by atoms with Gasteiger partial charge in [0.1, 0.15) is 0 Å². The standard InChI is InChI=1S/C9H16ClO7P/c1-3-16-18(13,17-4-2)6-5-8(11)14-7-15-9(10)12/h3-7H2,1-2H3. The van der Waals surface area contributed by atoms with E-state index < -0.39 is 25.8 Å². The minimum atomic E-state index is -3.26. The van der Waals surface area contributed by atoms with E-state index in [9.17, 15) is 14.2 Å². The largest absolute Gasteiger partial charge is 0.428 e. The Labute approximate surface area is 110 Å². The second-order valence-corrected chi connectivity index (χ2v) is 5.43. The maximum atomic E-state index is 11.9. The number of ether oxygens (including phenoxy) is 2. The zero-order valence-electron chi connectivity index (χ0n) is 10.2. The van der Waals surface area contributed by atoms with Crippen LogP contribution in [0.15, 0.2) is 0 Å². The van der Waals surface area contributed by atoms with Gasteiger partial charge in [-0.25, -0.2) is 4.79 Å². The summed E-state index contributed by atoms with van der Waals surface area (Å²) in [6.07, 6.45) is -0.264. The lowest BCUT2D eigenvalue weighted by molar-refractivity contribution is -0.150. The third-order valence-corrected chi connectivity index (χ3v) is 3.82. The van der Waals surface area contributed by atoms with Crippen molar-refractivity contribution in [2.45, 2.75) is 20.3 Å². The van der Waals surface area contributed by atoms with Crippen LogP contribution in [0.3, 0.4) is 0 Å². The fourth-order valence-electron chi connectivity index (χ4n) is 1.00.